The van der Waals surface area contributed by atoms with Crippen LogP contribution in [0.25, 0.3) is 0 Å². The highest BCUT2D eigenvalue weighted by molar-refractivity contribution is 5.94. The highest BCUT2D eigenvalue weighted by Crippen LogP contribution is 2.17. The maximum atomic E-state index is 11.8. The lowest BCUT2D eigenvalue weighted by Crippen LogP contribution is -2.31. The molecule has 1 aromatic carbocycles. The average molecular weight is 247 g/mol. The van der Waals surface area contributed by atoms with Crippen LogP contribution in [0.4, 0.5) is 5.69 Å². The lowest BCUT2D eigenvalue weighted by molar-refractivity contribution is 0.0950. The molecular formula is C14H21N3O. The SMILES string of the molecule is CN1CCCC1CCNC(=O)c1ccc(N)cc1. The summed E-state index contributed by atoms with van der Waals surface area (Å²) in [6.45, 7) is 1.91. The van der Waals surface area contributed by atoms with Crippen molar-refractivity contribution in [3.05, 3.63) is 29.8 Å². The molecule has 1 atom stereocenters. The molecular weight excluding hydrogens is 226 g/mol. The molecule has 1 aromatic rings. The van der Waals surface area contributed by atoms with Crippen molar-refractivity contribution in [1.29, 1.82) is 0 Å². The first-order valence-corrected chi connectivity index (χ1v) is 6.51. The van der Waals surface area contributed by atoms with Crippen LogP contribution in [0.5, 0.6) is 0 Å². The molecule has 18 heavy (non-hydrogen) atoms. The molecule has 3 N–H and O–H groups in total. The van der Waals surface area contributed by atoms with Crippen LogP contribution in [0, 0.1) is 0 Å². The first kappa shape index (κ1) is 12.9. The van der Waals surface area contributed by atoms with Crippen molar-refractivity contribution in [2.24, 2.45) is 0 Å². The minimum absolute atomic E-state index is 0.0179. The van der Waals surface area contributed by atoms with Crippen LogP contribution in [0.2, 0.25) is 0 Å². The molecule has 2 rings (SSSR count). The van der Waals surface area contributed by atoms with Gasteiger partial charge >= 0.3 is 0 Å². The number of benzene rings is 1. The standard InChI is InChI=1S/C14H21N3O/c1-17-10-2-3-13(17)8-9-16-14(18)11-4-6-12(15)7-5-11/h4-7,13H,2-3,8-10,15H2,1H3,(H,16,18). The molecule has 1 saturated heterocycles. The van der Waals surface area contributed by atoms with E-state index in [-0.39, 0.29) is 5.91 Å². The Kier molecular flexibility index (Phi) is 4.20. The van der Waals surface area contributed by atoms with Crippen molar-refractivity contribution in [1.82, 2.24) is 10.2 Å². The number of amides is 1. The maximum absolute atomic E-state index is 11.8. The zero-order valence-corrected chi connectivity index (χ0v) is 10.9. The Morgan fingerprint density at radius 3 is 2.78 bits per heavy atom. The van der Waals surface area contributed by atoms with Gasteiger partial charge in [0.25, 0.3) is 5.91 Å². The number of hydrogen-bond donors (Lipinski definition) is 2. The van der Waals surface area contributed by atoms with Gasteiger partial charge in [-0.3, -0.25) is 4.79 Å². The van der Waals surface area contributed by atoms with Gasteiger partial charge in [-0.15, -0.1) is 0 Å². The predicted octanol–water partition coefficient (Wildman–Crippen LogP) is 1.48. The van der Waals surface area contributed by atoms with E-state index in [1.54, 1.807) is 24.3 Å². The molecule has 98 valence electrons. The molecule has 4 heteroatoms. The molecule has 0 aliphatic carbocycles. The average Bonchev–Trinajstić information content (AvgIpc) is 2.76. The molecule has 0 spiro atoms. The smallest absolute Gasteiger partial charge is 0.251 e. The van der Waals surface area contributed by atoms with Gasteiger partial charge in [-0.05, 0) is 57.1 Å². The molecule has 1 amide bonds. The van der Waals surface area contributed by atoms with E-state index < -0.39 is 0 Å². The van der Waals surface area contributed by atoms with Crippen molar-refractivity contribution in [2.45, 2.75) is 25.3 Å². The van der Waals surface area contributed by atoms with Crippen molar-refractivity contribution >= 4 is 11.6 Å². The first-order valence-electron chi connectivity index (χ1n) is 6.51. The van der Waals surface area contributed by atoms with Crippen LogP contribution >= 0.6 is 0 Å². The Bertz CT molecular complexity index is 402. The highest BCUT2D eigenvalue weighted by atomic mass is 16.1. The van der Waals surface area contributed by atoms with Gasteiger partial charge in [0.15, 0.2) is 0 Å². The molecule has 0 saturated carbocycles. The molecule has 1 unspecified atom stereocenters. The molecule has 0 radical (unpaired) electrons. The molecule has 1 fully saturated rings. The van der Waals surface area contributed by atoms with E-state index in [0.29, 0.717) is 17.3 Å². The van der Waals surface area contributed by atoms with Gasteiger partial charge < -0.3 is 16.0 Å². The van der Waals surface area contributed by atoms with Crippen LogP contribution in [0.15, 0.2) is 24.3 Å². The van der Waals surface area contributed by atoms with Gasteiger partial charge in [-0.25, -0.2) is 0 Å². The summed E-state index contributed by atoms with van der Waals surface area (Å²) in [5, 5.41) is 2.96. The number of likely N-dealkylation sites (tertiary alicyclic amines) is 1. The minimum atomic E-state index is -0.0179. The van der Waals surface area contributed by atoms with Crippen molar-refractivity contribution in [2.75, 3.05) is 25.9 Å². The van der Waals surface area contributed by atoms with E-state index in [2.05, 4.69) is 17.3 Å². The molecule has 4 nitrogen and oxygen atoms in total. The summed E-state index contributed by atoms with van der Waals surface area (Å²) in [4.78, 5) is 14.2. The second-order valence-electron chi connectivity index (χ2n) is 4.94. The summed E-state index contributed by atoms with van der Waals surface area (Å²) < 4.78 is 0. The van der Waals surface area contributed by atoms with Gasteiger partial charge in [-0.1, -0.05) is 0 Å². The number of nitrogens with two attached hydrogens (primary N) is 1. The minimum Gasteiger partial charge on any atom is -0.399 e. The third-order valence-electron chi connectivity index (χ3n) is 3.61. The Morgan fingerprint density at radius 1 is 1.44 bits per heavy atom. The third-order valence-corrected chi connectivity index (χ3v) is 3.61. The van der Waals surface area contributed by atoms with Gasteiger partial charge in [0.05, 0.1) is 0 Å². The van der Waals surface area contributed by atoms with Gasteiger partial charge in [0, 0.05) is 23.8 Å². The highest BCUT2D eigenvalue weighted by Gasteiger charge is 2.20. The summed E-state index contributed by atoms with van der Waals surface area (Å²) in [7, 11) is 2.15. The van der Waals surface area contributed by atoms with E-state index in [4.69, 9.17) is 5.73 Å². The van der Waals surface area contributed by atoms with Crippen LogP contribution < -0.4 is 11.1 Å². The van der Waals surface area contributed by atoms with Crippen LogP contribution in [0.1, 0.15) is 29.6 Å². The van der Waals surface area contributed by atoms with E-state index in [9.17, 15) is 4.79 Å². The number of anilines is 1. The van der Waals surface area contributed by atoms with Gasteiger partial charge in [-0.2, -0.15) is 0 Å². The van der Waals surface area contributed by atoms with E-state index in [1.807, 2.05) is 0 Å². The third kappa shape index (κ3) is 3.23. The van der Waals surface area contributed by atoms with Crippen LogP contribution in [0.3, 0.4) is 0 Å². The summed E-state index contributed by atoms with van der Waals surface area (Å²) in [5.74, 6) is -0.0179. The Labute approximate surface area is 108 Å². The second-order valence-corrected chi connectivity index (χ2v) is 4.94. The monoisotopic (exact) mass is 247 g/mol. The lowest BCUT2D eigenvalue weighted by Gasteiger charge is -2.19. The number of hydrogen-bond acceptors (Lipinski definition) is 3. The normalized spacial score (nSPS) is 19.9. The van der Waals surface area contributed by atoms with Crippen molar-refractivity contribution in [3.63, 3.8) is 0 Å². The fourth-order valence-electron chi connectivity index (χ4n) is 2.43. The number of nitrogens with one attached hydrogen (secondary N) is 1. The summed E-state index contributed by atoms with van der Waals surface area (Å²) in [5.41, 5.74) is 6.94. The van der Waals surface area contributed by atoms with Crippen LogP contribution in [-0.4, -0.2) is 37.0 Å². The quantitative estimate of drug-likeness (QED) is 0.792. The molecule has 1 aliphatic heterocycles. The van der Waals surface area contributed by atoms with E-state index >= 15 is 0 Å². The Hall–Kier alpha value is -1.55. The Morgan fingerprint density at radius 2 is 2.17 bits per heavy atom. The fourth-order valence-corrected chi connectivity index (χ4v) is 2.43. The van der Waals surface area contributed by atoms with Crippen molar-refractivity contribution in [3.8, 4) is 0 Å². The molecule has 1 heterocycles. The number of nitrogens with zero attached hydrogens (tertiary/aromatic N) is 1. The topological polar surface area (TPSA) is 58.4 Å². The second kappa shape index (κ2) is 5.87. The number of carbonyl (C=O) groups is 1. The summed E-state index contributed by atoms with van der Waals surface area (Å²) in [6, 6.07) is 7.63. The predicted molar refractivity (Wildman–Crippen MR) is 73.5 cm³/mol. The largest absolute Gasteiger partial charge is 0.399 e. The van der Waals surface area contributed by atoms with E-state index in [1.165, 1.54) is 19.4 Å². The van der Waals surface area contributed by atoms with E-state index in [0.717, 1.165) is 13.0 Å². The number of carbonyl (C=O) groups excluding carboxylic acids is 1. The molecule has 1 aliphatic rings. The van der Waals surface area contributed by atoms with Gasteiger partial charge in [0.1, 0.15) is 0 Å². The summed E-state index contributed by atoms with van der Waals surface area (Å²) >= 11 is 0. The summed E-state index contributed by atoms with van der Waals surface area (Å²) in [6.07, 6.45) is 3.54. The van der Waals surface area contributed by atoms with Crippen molar-refractivity contribution < 1.29 is 4.79 Å². The zero-order chi connectivity index (χ0) is 13.0. The maximum Gasteiger partial charge on any atom is 0.251 e. The van der Waals surface area contributed by atoms with Crippen LogP contribution in [-0.2, 0) is 0 Å². The fraction of sp³-hybridized carbons (Fsp3) is 0.500. The number of nitrogen functional groups attached to an aromatic ring is 1. The zero-order valence-electron chi connectivity index (χ0n) is 10.9. The number of rotatable bonds is 4. The van der Waals surface area contributed by atoms with Gasteiger partial charge in [0.2, 0.25) is 0 Å². The lowest BCUT2D eigenvalue weighted by atomic mass is 10.1. The molecule has 0 aromatic heterocycles. The molecule has 0 bridgehead atoms. The first-order chi connectivity index (χ1) is 8.66. The Balaban J connectivity index is 1.76.